The van der Waals surface area contributed by atoms with Crippen LogP contribution in [0.15, 0.2) is 30.3 Å². The fourth-order valence-electron chi connectivity index (χ4n) is 2.66. The van der Waals surface area contributed by atoms with Crippen LogP contribution >= 0.6 is 11.6 Å². The number of carbonyl (C=O) groups is 2. The molecule has 0 spiro atoms. The molecule has 0 aliphatic rings. The summed E-state index contributed by atoms with van der Waals surface area (Å²) < 4.78 is 13.7. The number of carbonyl (C=O) groups excluding carboxylic acids is 2. The largest absolute Gasteiger partial charge is 0.347 e. The molecule has 25 heavy (non-hydrogen) atoms. The van der Waals surface area contributed by atoms with Crippen LogP contribution in [0.4, 0.5) is 10.1 Å². The Morgan fingerprint density at radius 2 is 1.72 bits per heavy atom. The molecule has 0 fully saturated rings. The van der Waals surface area contributed by atoms with Gasteiger partial charge in [0.2, 0.25) is 11.8 Å². The van der Waals surface area contributed by atoms with E-state index in [-0.39, 0.29) is 29.5 Å². The Morgan fingerprint density at radius 1 is 1.08 bits per heavy atom. The Labute approximate surface area is 151 Å². The average Bonchev–Trinajstić information content (AvgIpc) is 2.52. The third kappa shape index (κ3) is 5.03. The summed E-state index contributed by atoms with van der Waals surface area (Å²) in [5, 5.41) is 5.46. The molecular weight excluding hydrogens is 343 g/mol. The van der Waals surface area contributed by atoms with Crippen LogP contribution in [0.5, 0.6) is 0 Å². The van der Waals surface area contributed by atoms with Crippen molar-refractivity contribution in [3.63, 3.8) is 0 Å². The van der Waals surface area contributed by atoms with E-state index in [9.17, 15) is 14.0 Å². The molecule has 0 aliphatic heterocycles. The summed E-state index contributed by atoms with van der Waals surface area (Å²) in [7, 11) is 0. The molecule has 0 saturated carbocycles. The summed E-state index contributed by atoms with van der Waals surface area (Å²) >= 11 is 5.89. The molecule has 2 rings (SSSR count). The Kier molecular flexibility index (Phi) is 6.15. The van der Waals surface area contributed by atoms with Gasteiger partial charge in [0.1, 0.15) is 5.82 Å². The van der Waals surface area contributed by atoms with Crippen molar-refractivity contribution in [2.75, 3.05) is 11.9 Å². The molecule has 0 saturated heterocycles. The number of hydrogen-bond acceptors (Lipinski definition) is 2. The number of anilines is 1. The van der Waals surface area contributed by atoms with Gasteiger partial charge in [0.25, 0.3) is 0 Å². The maximum Gasteiger partial charge on any atom is 0.243 e. The summed E-state index contributed by atoms with van der Waals surface area (Å²) in [6.45, 7) is 5.61. The van der Waals surface area contributed by atoms with Crippen LogP contribution in [-0.2, 0) is 16.0 Å². The standard InChI is InChI=1S/C19H20ClFN2O2/c1-11-7-12(2)19(13(3)8-11)23-18(25)10-22-17(24)9-14-15(20)5-4-6-16(14)21/h4-8H,9-10H2,1-3H3,(H,22,24)(H,23,25). The van der Waals surface area contributed by atoms with Crippen LogP contribution in [0.2, 0.25) is 5.02 Å². The van der Waals surface area contributed by atoms with Gasteiger partial charge in [-0.2, -0.15) is 0 Å². The van der Waals surface area contributed by atoms with Gasteiger partial charge in [-0.25, -0.2) is 4.39 Å². The molecule has 6 heteroatoms. The molecule has 2 aromatic carbocycles. The van der Waals surface area contributed by atoms with Gasteiger partial charge in [0.05, 0.1) is 13.0 Å². The molecule has 2 amide bonds. The van der Waals surface area contributed by atoms with Crippen molar-refractivity contribution in [2.45, 2.75) is 27.2 Å². The predicted octanol–water partition coefficient (Wildman–Crippen LogP) is 3.70. The minimum Gasteiger partial charge on any atom is -0.347 e. The highest BCUT2D eigenvalue weighted by Gasteiger charge is 2.13. The van der Waals surface area contributed by atoms with E-state index >= 15 is 0 Å². The predicted molar refractivity (Wildman–Crippen MR) is 97.4 cm³/mol. The summed E-state index contributed by atoms with van der Waals surface area (Å²) in [5.74, 6) is -1.36. The van der Waals surface area contributed by atoms with E-state index < -0.39 is 11.7 Å². The van der Waals surface area contributed by atoms with Crippen molar-refractivity contribution in [1.82, 2.24) is 5.32 Å². The van der Waals surface area contributed by atoms with Crippen molar-refractivity contribution in [3.8, 4) is 0 Å². The Morgan fingerprint density at radius 3 is 2.32 bits per heavy atom. The first-order valence-electron chi connectivity index (χ1n) is 7.85. The van der Waals surface area contributed by atoms with Gasteiger partial charge < -0.3 is 10.6 Å². The van der Waals surface area contributed by atoms with Crippen LogP contribution < -0.4 is 10.6 Å². The maximum atomic E-state index is 13.7. The number of halogens is 2. The lowest BCUT2D eigenvalue weighted by molar-refractivity contribution is -0.123. The quantitative estimate of drug-likeness (QED) is 0.852. The van der Waals surface area contributed by atoms with E-state index in [0.29, 0.717) is 0 Å². The van der Waals surface area contributed by atoms with Crippen molar-refractivity contribution in [3.05, 3.63) is 63.4 Å². The van der Waals surface area contributed by atoms with E-state index in [4.69, 9.17) is 11.6 Å². The maximum absolute atomic E-state index is 13.7. The van der Waals surface area contributed by atoms with Gasteiger partial charge in [0, 0.05) is 16.3 Å². The zero-order valence-electron chi connectivity index (χ0n) is 14.4. The molecule has 0 bridgehead atoms. The van der Waals surface area contributed by atoms with Gasteiger partial charge in [0.15, 0.2) is 0 Å². The lowest BCUT2D eigenvalue weighted by Gasteiger charge is -2.13. The average molecular weight is 363 g/mol. The number of aryl methyl sites for hydroxylation is 3. The van der Waals surface area contributed by atoms with Crippen LogP contribution in [0.25, 0.3) is 0 Å². The van der Waals surface area contributed by atoms with Gasteiger partial charge in [-0.3, -0.25) is 9.59 Å². The minimum absolute atomic E-state index is 0.118. The van der Waals surface area contributed by atoms with Gasteiger partial charge in [-0.05, 0) is 44.0 Å². The van der Waals surface area contributed by atoms with E-state index in [0.717, 1.165) is 22.4 Å². The third-order valence-electron chi connectivity index (χ3n) is 3.79. The van der Waals surface area contributed by atoms with E-state index in [2.05, 4.69) is 10.6 Å². The summed E-state index contributed by atoms with van der Waals surface area (Å²) in [6.07, 6.45) is -0.221. The molecule has 2 aromatic rings. The topological polar surface area (TPSA) is 58.2 Å². The number of amides is 2. The number of hydrogen-bond donors (Lipinski definition) is 2. The van der Waals surface area contributed by atoms with E-state index in [1.54, 1.807) is 0 Å². The second kappa shape index (κ2) is 8.12. The SMILES string of the molecule is Cc1cc(C)c(NC(=O)CNC(=O)Cc2c(F)cccc2Cl)c(C)c1. The highest BCUT2D eigenvalue weighted by atomic mass is 35.5. The molecule has 0 aliphatic carbocycles. The second-order valence-electron chi connectivity index (χ2n) is 5.98. The zero-order chi connectivity index (χ0) is 18.6. The molecule has 132 valence electrons. The lowest BCUT2D eigenvalue weighted by Crippen LogP contribution is -2.34. The molecule has 0 aromatic heterocycles. The number of benzene rings is 2. The molecule has 0 heterocycles. The highest BCUT2D eigenvalue weighted by Crippen LogP contribution is 2.22. The van der Waals surface area contributed by atoms with E-state index in [1.807, 2.05) is 32.9 Å². The van der Waals surface area contributed by atoms with Crippen molar-refractivity contribution >= 4 is 29.1 Å². The number of rotatable bonds is 5. The molecule has 4 nitrogen and oxygen atoms in total. The van der Waals surface area contributed by atoms with Crippen LogP contribution in [-0.4, -0.2) is 18.4 Å². The smallest absolute Gasteiger partial charge is 0.243 e. The fraction of sp³-hybridized carbons (Fsp3) is 0.263. The molecule has 2 N–H and O–H groups in total. The summed E-state index contributed by atoms with van der Waals surface area (Å²) in [5.41, 5.74) is 3.88. The van der Waals surface area contributed by atoms with Crippen LogP contribution in [0.3, 0.4) is 0 Å². The Hall–Kier alpha value is -2.40. The normalized spacial score (nSPS) is 10.4. The van der Waals surface area contributed by atoms with Crippen molar-refractivity contribution in [1.29, 1.82) is 0 Å². The third-order valence-corrected chi connectivity index (χ3v) is 4.14. The summed E-state index contributed by atoms with van der Waals surface area (Å²) in [4.78, 5) is 24.0. The number of nitrogens with one attached hydrogen (secondary N) is 2. The molecule has 0 radical (unpaired) electrons. The molecular formula is C19H20ClFN2O2. The first-order valence-corrected chi connectivity index (χ1v) is 8.23. The Balaban J connectivity index is 1.93. The minimum atomic E-state index is -0.544. The first kappa shape index (κ1) is 18.9. The van der Waals surface area contributed by atoms with E-state index in [1.165, 1.54) is 18.2 Å². The van der Waals surface area contributed by atoms with Crippen molar-refractivity contribution < 1.29 is 14.0 Å². The van der Waals surface area contributed by atoms with Crippen molar-refractivity contribution in [2.24, 2.45) is 0 Å². The highest BCUT2D eigenvalue weighted by molar-refractivity contribution is 6.31. The second-order valence-corrected chi connectivity index (χ2v) is 6.38. The summed E-state index contributed by atoms with van der Waals surface area (Å²) in [6, 6.07) is 8.18. The van der Waals surface area contributed by atoms with Crippen LogP contribution in [0, 0.1) is 26.6 Å². The van der Waals surface area contributed by atoms with Gasteiger partial charge in [-0.15, -0.1) is 0 Å². The van der Waals surface area contributed by atoms with Gasteiger partial charge >= 0.3 is 0 Å². The van der Waals surface area contributed by atoms with Gasteiger partial charge in [-0.1, -0.05) is 35.4 Å². The first-order chi connectivity index (χ1) is 11.8. The Bertz CT molecular complexity index is 778. The molecule has 0 unspecified atom stereocenters. The monoisotopic (exact) mass is 362 g/mol. The lowest BCUT2D eigenvalue weighted by atomic mass is 10.1. The zero-order valence-corrected chi connectivity index (χ0v) is 15.1. The molecule has 0 atom stereocenters. The fourth-order valence-corrected chi connectivity index (χ4v) is 2.89. The van der Waals surface area contributed by atoms with Crippen LogP contribution in [0.1, 0.15) is 22.3 Å².